The Morgan fingerprint density at radius 2 is 2.00 bits per heavy atom. The number of hydrogen-bond acceptors (Lipinski definition) is 5. The highest BCUT2D eigenvalue weighted by molar-refractivity contribution is 6.04. The number of unbranched alkanes of at least 4 members (excludes halogenated alkanes) is 1. The fourth-order valence-corrected chi connectivity index (χ4v) is 4.03. The van der Waals surface area contributed by atoms with Crippen molar-refractivity contribution in [3.05, 3.63) is 52.4 Å². The van der Waals surface area contributed by atoms with Gasteiger partial charge in [-0.1, -0.05) is 31.5 Å². The maximum absolute atomic E-state index is 13.1. The van der Waals surface area contributed by atoms with E-state index in [9.17, 15) is 9.59 Å². The summed E-state index contributed by atoms with van der Waals surface area (Å²) in [5, 5.41) is 3.33. The number of esters is 1. The van der Waals surface area contributed by atoms with Gasteiger partial charge in [-0.2, -0.15) is 0 Å². The molecule has 1 heterocycles. The van der Waals surface area contributed by atoms with E-state index in [0.717, 1.165) is 42.6 Å². The predicted molar refractivity (Wildman–Crippen MR) is 113 cm³/mol. The quantitative estimate of drug-likeness (QED) is 0.530. The first kappa shape index (κ1) is 21.2. The number of para-hydroxylation sites is 1. The highest BCUT2D eigenvalue weighted by atomic mass is 16.5. The molecule has 0 fully saturated rings. The third kappa shape index (κ3) is 4.55. The molecule has 0 radical (unpaired) electrons. The summed E-state index contributed by atoms with van der Waals surface area (Å²) in [4.78, 5) is 26.1. The van der Waals surface area contributed by atoms with Crippen molar-refractivity contribution >= 4 is 11.8 Å². The lowest BCUT2D eigenvalue weighted by Crippen LogP contribution is -2.34. The molecule has 0 amide bonds. The van der Waals surface area contributed by atoms with Gasteiger partial charge in [0.05, 0.1) is 24.2 Å². The number of nitrogens with one attached hydrogen (secondary N) is 1. The molecule has 0 saturated heterocycles. The molecule has 1 N–H and O–H groups in total. The van der Waals surface area contributed by atoms with Crippen LogP contribution in [0.3, 0.4) is 0 Å². The number of benzene rings is 1. The van der Waals surface area contributed by atoms with E-state index < -0.39 is 5.92 Å². The molecule has 0 spiro atoms. The zero-order valence-electron chi connectivity index (χ0n) is 17.8. The predicted octanol–water partition coefficient (Wildman–Crippen LogP) is 4.79. The molecule has 5 heteroatoms. The number of dihydropyridines is 1. The number of carbonyl (C=O) groups excluding carboxylic acids is 2. The summed E-state index contributed by atoms with van der Waals surface area (Å²) in [6.45, 7) is 8.26. The van der Waals surface area contributed by atoms with E-state index in [-0.39, 0.29) is 17.9 Å². The van der Waals surface area contributed by atoms with Crippen LogP contribution in [0.4, 0.5) is 0 Å². The molecule has 1 aromatic rings. The van der Waals surface area contributed by atoms with Crippen molar-refractivity contribution in [1.29, 1.82) is 0 Å². The number of hydrogen-bond donors (Lipinski definition) is 1. The Balaban J connectivity index is 2.11. The van der Waals surface area contributed by atoms with Crippen LogP contribution in [0.15, 0.2) is 46.8 Å². The van der Waals surface area contributed by atoms with E-state index in [0.29, 0.717) is 29.9 Å². The second-order valence-corrected chi connectivity index (χ2v) is 7.96. The van der Waals surface area contributed by atoms with E-state index >= 15 is 0 Å². The summed E-state index contributed by atoms with van der Waals surface area (Å²) < 4.78 is 11.6. The summed E-state index contributed by atoms with van der Waals surface area (Å²) in [6.07, 6.45) is 3.88. The number of carbonyl (C=O) groups is 2. The van der Waals surface area contributed by atoms with E-state index in [1.54, 1.807) is 0 Å². The van der Waals surface area contributed by atoms with Crippen molar-refractivity contribution in [1.82, 2.24) is 5.32 Å². The lowest BCUT2D eigenvalue weighted by atomic mass is 9.75. The molecule has 1 atom stereocenters. The standard InChI is InChI=1S/C24H31NO4/c1-5-6-14-28-24(27)21-16(4)25-18-11-9-12-19(26)23(18)22(21)17-10-7-8-13-20(17)29-15(2)3/h7-8,10,13,15,22,25H,5-6,9,11-12,14H2,1-4H3/t22-/m1/s1. The summed E-state index contributed by atoms with van der Waals surface area (Å²) in [7, 11) is 0. The first-order valence-corrected chi connectivity index (χ1v) is 10.6. The van der Waals surface area contributed by atoms with Crippen LogP contribution in [0.1, 0.15) is 71.3 Å². The monoisotopic (exact) mass is 397 g/mol. The smallest absolute Gasteiger partial charge is 0.336 e. The van der Waals surface area contributed by atoms with E-state index in [4.69, 9.17) is 9.47 Å². The molecule has 1 aliphatic heterocycles. The summed E-state index contributed by atoms with van der Waals surface area (Å²) in [6, 6.07) is 7.69. The minimum absolute atomic E-state index is 0.0154. The van der Waals surface area contributed by atoms with Crippen LogP contribution in [0.2, 0.25) is 0 Å². The maximum Gasteiger partial charge on any atom is 0.336 e. The molecule has 2 aliphatic rings. The average molecular weight is 398 g/mol. The van der Waals surface area contributed by atoms with Crippen molar-refractivity contribution in [2.45, 2.75) is 71.8 Å². The van der Waals surface area contributed by atoms with Crippen LogP contribution in [0.25, 0.3) is 0 Å². The summed E-state index contributed by atoms with van der Waals surface area (Å²) in [5.74, 6) is -0.0402. The minimum atomic E-state index is -0.469. The van der Waals surface area contributed by atoms with Crippen molar-refractivity contribution in [2.75, 3.05) is 6.61 Å². The lowest BCUT2D eigenvalue weighted by Gasteiger charge is -2.35. The highest BCUT2D eigenvalue weighted by Gasteiger charge is 2.40. The van der Waals surface area contributed by atoms with Crippen molar-refractivity contribution < 1.29 is 19.1 Å². The molecular formula is C24H31NO4. The van der Waals surface area contributed by atoms with Gasteiger partial charge in [0.15, 0.2) is 5.78 Å². The molecule has 156 valence electrons. The van der Waals surface area contributed by atoms with E-state index in [2.05, 4.69) is 12.2 Å². The second-order valence-electron chi connectivity index (χ2n) is 7.96. The van der Waals surface area contributed by atoms with Crippen LogP contribution < -0.4 is 10.1 Å². The van der Waals surface area contributed by atoms with Crippen molar-refractivity contribution in [2.24, 2.45) is 0 Å². The van der Waals surface area contributed by atoms with Gasteiger partial charge < -0.3 is 14.8 Å². The SMILES string of the molecule is CCCCOC(=O)C1=C(C)NC2=C(C(=O)CCC2)[C@@H]1c1ccccc1OC(C)C. The van der Waals surface area contributed by atoms with Gasteiger partial charge in [-0.3, -0.25) is 4.79 Å². The van der Waals surface area contributed by atoms with Crippen LogP contribution in [-0.2, 0) is 14.3 Å². The van der Waals surface area contributed by atoms with Gasteiger partial charge in [-0.15, -0.1) is 0 Å². The Hall–Kier alpha value is -2.56. The molecule has 0 aromatic heterocycles. The van der Waals surface area contributed by atoms with Crippen LogP contribution in [-0.4, -0.2) is 24.5 Å². The summed E-state index contributed by atoms with van der Waals surface area (Å²) in [5.41, 5.74) is 3.71. The van der Waals surface area contributed by atoms with Crippen LogP contribution in [0, 0.1) is 0 Å². The Morgan fingerprint density at radius 3 is 2.72 bits per heavy atom. The molecule has 1 aliphatic carbocycles. The molecule has 0 saturated carbocycles. The Morgan fingerprint density at radius 1 is 1.24 bits per heavy atom. The summed E-state index contributed by atoms with van der Waals surface area (Å²) >= 11 is 0. The number of Topliss-reactive ketones (excluding diaryl/α,β-unsaturated/α-hetero) is 1. The maximum atomic E-state index is 13.1. The molecule has 5 nitrogen and oxygen atoms in total. The third-order valence-electron chi connectivity index (χ3n) is 5.32. The average Bonchev–Trinajstić information content (AvgIpc) is 2.67. The van der Waals surface area contributed by atoms with Gasteiger partial charge >= 0.3 is 5.97 Å². The Kier molecular flexibility index (Phi) is 6.78. The Labute approximate surface area is 173 Å². The van der Waals surface area contributed by atoms with Crippen molar-refractivity contribution in [3.8, 4) is 5.75 Å². The van der Waals surface area contributed by atoms with Gasteiger partial charge in [0, 0.05) is 29.0 Å². The second kappa shape index (κ2) is 9.29. The lowest BCUT2D eigenvalue weighted by molar-refractivity contribution is -0.139. The third-order valence-corrected chi connectivity index (χ3v) is 5.32. The number of ether oxygens (including phenoxy) is 2. The number of rotatable bonds is 7. The molecule has 29 heavy (non-hydrogen) atoms. The zero-order chi connectivity index (χ0) is 21.0. The fraction of sp³-hybridized carbons (Fsp3) is 0.500. The molecule has 1 aromatic carbocycles. The first-order chi connectivity index (χ1) is 13.9. The highest BCUT2D eigenvalue weighted by Crippen LogP contribution is 2.45. The molecule has 0 bridgehead atoms. The largest absolute Gasteiger partial charge is 0.491 e. The number of allylic oxidation sites excluding steroid dienone is 3. The van der Waals surface area contributed by atoms with Gasteiger partial charge in [0.1, 0.15) is 5.75 Å². The zero-order valence-corrected chi connectivity index (χ0v) is 17.8. The number of ketones is 1. The first-order valence-electron chi connectivity index (χ1n) is 10.6. The van der Waals surface area contributed by atoms with Gasteiger partial charge in [0.2, 0.25) is 0 Å². The Bertz CT molecular complexity index is 850. The minimum Gasteiger partial charge on any atom is -0.491 e. The van der Waals surface area contributed by atoms with Gasteiger partial charge in [-0.25, -0.2) is 4.79 Å². The normalized spacial score (nSPS) is 19.2. The molecule has 3 rings (SSSR count). The van der Waals surface area contributed by atoms with E-state index in [1.165, 1.54) is 0 Å². The van der Waals surface area contributed by atoms with E-state index in [1.807, 2.05) is 45.0 Å². The van der Waals surface area contributed by atoms with Gasteiger partial charge in [0.25, 0.3) is 0 Å². The van der Waals surface area contributed by atoms with Crippen molar-refractivity contribution in [3.63, 3.8) is 0 Å². The van der Waals surface area contributed by atoms with Crippen LogP contribution in [0.5, 0.6) is 5.75 Å². The topological polar surface area (TPSA) is 64.6 Å². The van der Waals surface area contributed by atoms with Crippen LogP contribution >= 0.6 is 0 Å². The molecule has 0 unspecified atom stereocenters. The molecular weight excluding hydrogens is 366 g/mol. The van der Waals surface area contributed by atoms with Gasteiger partial charge in [-0.05, 0) is 46.1 Å². The fourth-order valence-electron chi connectivity index (χ4n) is 4.03.